The molecule has 96 valence electrons. The molecule has 18 heavy (non-hydrogen) atoms. The van der Waals surface area contributed by atoms with E-state index in [1.807, 2.05) is 0 Å². The number of benzene rings is 1. The fourth-order valence-electron chi connectivity index (χ4n) is 1.79. The van der Waals surface area contributed by atoms with Crippen LogP contribution in [0.1, 0.15) is 17.4 Å². The lowest BCUT2D eigenvalue weighted by Gasteiger charge is -2.14. The van der Waals surface area contributed by atoms with Gasteiger partial charge in [0.05, 0.1) is 6.04 Å². The molecule has 1 N–H and O–H groups in total. The minimum absolute atomic E-state index is 0.201. The van der Waals surface area contributed by atoms with Crippen LogP contribution >= 0.6 is 15.9 Å². The monoisotopic (exact) mass is 315 g/mol. The van der Waals surface area contributed by atoms with Gasteiger partial charge in [-0.3, -0.25) is 0 Å². The Balaban J connectivity index is 2.23. The Morgan fingerprint density at radius 2 is 2.06 bits per heavy atom. The number of likely N-dealkylation sites (N-methyl/N-ethyl adjacent to an activating group) is 1. The molecule has 0 saturated heterocycles. The summed E-state index contributed by atoms with van der Waals surface area (Å²) in [6, 6.07) is 7.53. The van der Waals surface area contributed by atoms with Crippen molar-refractivity contribution in [1.82, 2.24) is 5.32 Å². The number of halogens is 3. The van der Waals surface area contributed by atoms with E-state index in [-0.39, 0.29) is 6.04 Å². The van der Waals surface area contributed by atoms with Gasteiger partial charge in [-0.2, -0.15) is 0 Å². The molecule has 0 aliphatic carbocycles. The van der Waals surface area contributed by atoms with Crippen molar-refractivity contribution in [3.05, 3.63) is 58.0 Å². The largest absolute Gasteiger partial charge is 0.453 e. The van der Waals surface area contributed by atoms with E-state index in [0.29, 0.717) is 22.4 Å². The first-order valence-corrected chi connectivity index (χ1v) is 6.26. The van der Waals surface area contributed by atoms with E-state index < -0.39 is 11.6 Å². The number of nitrogens with one attached hydrogen (secondary N) is 1. The molecule has 0 radical (unpaired) electrons. The Kier molecular flexibility index (Phi) is 4.14. The summed E-state index contributed by atoms with van der Waals surface area (Å²) >= 11 is 3.21. The molecule has 0 amide bonds. The molecule has 0 saturated carbocycles. The van der Waals surface area contributed by atoms with E-state index in [9.17, 15) is 8.78 Å². The second-order valence-electron chi connectivity index (χ2n) is 3.90. The molecule has 5 heteroatoms. The quantitative estimate of drug-likeness (QED) is 0.927. The number of hydrogen-bond donors (Lipinski definition) is 1. The highest BCUT2D eigenvalue weighted by molar-refractivity contribution is 9.10. The maximum Gasteiger partial charge on any atom is 0.169 e. The van der Waals surface area contributed by atoms with Gasteiger partial charge in [-0.05, 0) is 53.2 Å². The van der Waals surface area contributed by atoms with Crippen LogP contribution in [0.3, 0.4) is 0 Å². The third kappa shape index (κ3) is 2.79. The summed E-state index contributed by atoms with van der Waals surface area (Å²) < 4.78 is 32.7. The summed E-state index contributed by atoms with van der Waals surface area (Å²) in [4.78, 5) is 0. The zero-order chi connectivity index (χ0) is 13.1. The van der Waals surface area contributed by atoms with Crippen LogP contribution in [-0.2, 0) is 6.42 Å². The second-order valence-corrected chi connectivity index (χ2v) is 4.68. The minimum atomic E-state index is -0.831. The molecular weight excluding hydrogens is 304 g/mol. The Labute approximate surface area is 112 Å². The van der Waals surface area contributed by atoms with Crippen molar-refractivity contribution >= 4 is 15.9 Å². The summed E-state index contributed by atoms with van der Waals surface area (Å²) in [5, 5.41) is 3.02. The molecule has 2 rings (SSSR count). The van der Waals surface area contributed by atoms with Crippen molar-refractivity contribution < 1.29 is 13.2 Å². The second kappa shape index (κ2) is 5.63. The van der Waals surface area contributed by atoms with Crippen molar-refractivity contribution in [3.63, 3.8) is 0 Å². The van der Waals surface area contributed by atoms with Crippen molar-refractivity contribution in [3.8, 4) is 0 Å². The number of hydrogen-bond acceptors (Lipinski definition) is 2. The molecule has 1 unspecified atom stereocenters. The van der Waals surface area contributed by atoms with Gasteiger partial charge in [0.25, 0.3) is 0 Å². The molecular formula is C13H12BrF2NO. The lowest BCUT2D eigenvalue weighted by Crippen LogP contribution is -2.19. The van der Waals surface area contributed by atoms with Crippen LogP contribution in [0.2, 0.25) is 0 Å². The third-order valence-electron chi connectivity index (χ3n) is 2.74. The van der Waals surface area contributed by atoms with Crippen LogP contribution < -0.4 is 5.32 Å². The van der Waals surface area contributed by atoms with E-state index in [0.717, 1.165) is 6.07 Å². The molecule has 0 bridgehead atoms. The Hall–Kier alpha value is -1.20. The lowest BCUT2D eigenvalue weighted by atomic mass is 10.0. The fourth-order valence-corrected chi connectivity index (χ4v) is 2.11. The van der Waals surface area contributed by atoms with Crippen LogP contribution in [0.25, 0.3) is 0 Å². The first-order chi connectivity index (χ1) is 8.61. The van der Waals surface area contributed by atoms with Crippen LogP contribution in [0.5, 0.6) is 0 Å². The van der Waals surface area contributed by atoms with Crippen molar-refractivity contribution in [2.75, 3.05) is 7.05 Å². The molecule has 0 aliphatic heterocycles. The smallest absolute Gasteiger partial charge is 0.169 e. The zero-order valence-corrected chi connectivity index (χ0v) is 11.3. The number of rotatable bonds is 4. The predicted octanol–water partition coefficient (Wildman–Crippen LogP) is 3.82. The molecule has 2 nitrogen and oxygen atoms in total. The van der Waals surface area contributed by atoms with Crippen LogP contribution in [0.15, 0.2) is 39.4 Å². The molecule has 0 fully saturated rings. The Morgan fingerprint density at radius 3 is 2.67 bits per heavy atom. The molecule has 2 aromatic rings. The summed E-state index contributed by atoms with van der Waals surface area (Å²) in [6.45, 7) is 0. The summed E-state index contributed by atoms with van der Waals surface area (Å²) in [5.41, 5.74) is 0.321. The minimum Gasteiger partial charge on any atom is -0.453 e. The highest BCUT2D eigenvalue weighted by Gasteiger charge is 2.17. The average Bonchev–Trinajstić information content (AvgIpc) is 2.78. The summed E-state index contributed by atoms with van der Waals surface area (Å²) in [5.74, 6) is -0.959. The van der Waals surface area contributed by atoms with Gasteiger partial charge >= 0.3 is 0 Å². The fraction of sp³-hybridized carbons (Fsp3) is 0.231. The van der Waals surface area contributed by atoms with E-state index in [1.165, 1.54) is 6.07 Å². The highest BCUT2D eigenvalue weighted by atomic mass is 79.9. The van der Waals surface area contributed by atoms with Gasteiger partial charge in [0.15, 0.2) is 16.3 Å². The van der Waals surface area contributed by atoms with Gasteiger partial charge in [0.1, 0.15) is 5.76 Å². The van der Waals surface area contributed by atoms with Crippen molar-refractivity contribution in [1.29, 1.82) is 0 Å². The van der Waals surface area contributed by atoms with E-state index in [1.54, 1.807) is 25.2 Å². The van der Waals surface area contributed by atoms with Crippen LogP contribution in [0, 0.1) is 11.6 Å². The van der Waals surface area contributed by atoms with Crippen LogP contribution in [0.4, 0.5) is 8.78 Å². The maximum absolute atomic E-state index is 13.6. The standard InChI is InChI=1S/C13H12BrF2NO/c1-17-10(11-5-6-12(14)18-11)7-8-3-2-4-9(15)13(8)16/h2-6,10,17H,7H2,1H3. The Bertz CT molecular complexity index is 542. The SMILES string of the molecule is CNC(Cc1cccc(F)c1F)c1ccc(Br)o1. The van der Waals surface area contributed by atoms with Gasteiger partial charge < -0.3 is 9.73 Å². The van der Waals surface area contributed by atoms with Crippen molar-refractivity contribution in [2.45, 2.75) is 12.5 Å². The normalized spacial score (nSPS) is 12.7. The van der Waals surface area contributed by atoms with Gasteiger partial charge in [-0.25, -0.2) is 8.78 Å². The number of furan rings is 1. The first kappa shape index (κ1) is 13.2. The third-order valence-corrected chi connectivity index (χ3v) is 3.17. The molecule has 0 aliphatic rings. The average molecular weight is 316 g/mol. The molecule has 1 heterocycles. The topological polar surface area (TPSA) is 25.2 Å². The summed E-state index contributed by atoms with van der Waals surface area (Å²) in [6.07, 6.45) is 0.319. The first-order valence-electron chi connectivity index (χ1n) is 5.47. The van der Waals surface area contributed by atoms with Gasteiger partial charge in [0.2, 0.25) is 0 Å². The van der Waals surface area contributed by atoms with Gasteiger partial charge in [-0.15, -0.1) is 0 Å². The maximum atomic E-state index is 13.6. The van der Waals surface area contributed by atoms with Gasteiger partial charge in [0, 0.05) is 0 Å². The zero-order valence-electron chi connectivity index (χ0n) is 9.71. The molecule has 1 aromatic heterocycles. The summed E-state index contributed by atoms with van der Waals surface area (Å²) in [7, 11) is 1.75. The highest BCUT2D eigenvalue weighted by Crippen LogP contribution is 2.24. The van der Waals surface area contributed by atoms with Gasteiger partial charge in [-0.1, -0.05) is 12.1 Å². The Morgan fingerprint density at radius 1 is 1.28 bits per heavy atom. The molecule has 0 spiro atoms. The molecule has 1 atom stereocenters. The lowest BCUT2D eigenvalue weighted by molar-refractivity contribution is 0.410. The van der Waals surface area contributed by atoms with E-state index >= 15 is 0 Å². The van der Waals surface area contributed by atoms with E-state index in [2.05, 4.69) is 21.2 Å². The van der Waals surface area contributed by atoms with E-state index in [4.69, 9.17) is 4.42 Å². The predicted molar refractivity (Wildman–Crippen MR) is 68.3 cm³/mol. The van der Waals surface area contributed by atoms with Crippen LogP contribution in [-0.4, -0.2) is 7.05 Å². The van der Waals surface area contributed by atoms with Crippen molar-refractivity contribution in [2.24, 2.45) is 0 Å². The molecule has 1 aromatic carbocycles.